The van der Waals surface area contributed by atoms with E-state index in [0.29, 0.717) is 0 Å². The van der Waals surface area contributed by atoms with Crippen molar-refractivity contribution >= 4 is 33.8 Å². The van der Waals surface area contributed by atoms with Gasteiger partial charge in [0.25, 0.3) is 0 Å². The molecule has 3 aromatic rings. The van der Waals surface area contributed by atoms with E-state index in [4.69, 9.17) is 0 Å². The predicted octanol–water partition coefficient (Wildman–Crippen LogP) is 4.88. The molecule has 0 saturated heterocycles. The number of aliphatic hydroxyl groups excluding tert-OH is 1. The van der Waals surface area contributed by atoms with Crippen LogP contribution in [0.5, 0.6) is 0 Å². The lowest BCUT2D eigenvalue weighted by atomic mass is 10.1. The zero-order valence-corrected chi connectivity index (χ0v) is 14.8. The van der Waals surface area contributed by atoms with Crippen LogP contribution in [-0.2, 0) is 6.54 Å². The molecule has 0 saturated carbocycles. The van der Waals surface area contributed by atoms with E-state index in [1.54, 1.807) is 11.3 Å². The van der Waals surface area contributed by atoms with Crippen molar-refractivity contribution in [2.24, 2.45) is 0 Å². The molecule has 0 spiro atoms. The highest BCUT2D eigenvalue weighted by atomic mass is 35.5. The van der Waals surface area contributed by atoms with Gasteiger partial charge in [-0.2, -0.15) is 0 Å². The number of hydrogen-bond acceptors (Lipinski definition) is 3. The predicted molar refractivity (Wildman–Crippen MR) is 101 cm³/mol. The van der Waals surface area contributed by atoms with Gasteiger partial charge in [-0.1, -0.05) is 48.5 Å². The van der Waals surface area contributed by atoms with Crippen LogP contribution in [-0.4, -0.2) is 23.6 Å². The van der Waals surface area contributed by atoms with Crippen LogP contribution in [0.25, 0.3) is 10.1 Å². The Labute approximate surface area is 147 Å². The third-order valence-corrected chi connectivity index (χ3v) is 4.93. The Morgan fingerprint density at radius 2 is 1.74 bits per heavy atom. The zero-order valence-electron chi connectivity index (χ0n) is 13.2. The largest absolute Gasteiger partial charge is 0.388 e. The molecule has 4 heteroatoms. The molecule has 2 aromatic carbocycles. The summed E-state index contributed by atoms with van der Waals surface area (Å²) < 4.78 is 1.24. The summed E-state index contributed by atoms with van der Waals surface area (Å²) in [7, 11) is 2.10. The Balaban J connectivity index is 0.00000192. The van der Waals surface area contributed by atoms with Gasteiger partial charge in [0.05, 0.1) is 6.10 Å². The molecule has 0 aliphatic rings. The fraction of sp³-hybridized carbons (Fsp3) is 0.263. The Hall–Kier alpha value is -1.39. The number of hydrogen-bond donors (Lipinski definition) is 1. The molecule has 0 amide bonds. The number of halogens is 1. The molecule has 0 aliphatic heterocycles. The number of fused-ring (bicyclic) bond motifs is 1. The molecule has 3 rings (SSSR count). The Bertz CT molecular complexity index is 728. The van der Waals surface area contributed by atoms with Crippen molar-refractivity contribution in [3.05, 3.63) is 71.1 Å². The average molecular weight is 348 g/mol. The second kappa shape index (κ2) is 8.46. The van der Waals surface area contributed by atoms with Gasteiger partial charge in [0, 0.05) is 17.8 Å². The molecule has 0 bridgehead atoms. The quantitative estimate of drug-likeness (QED) is 0.687. The highest BCUT2D eigenvalue weighted by Gasteiger charge is 2.13. The molecule has 23 heavy (non-hydrogen) atoms. The summed E-state index contributed by atoms with van der Waals surface area (Å²) in [4.78, 5) is 2.26. The fourth-order valence-electron chi connectivity index (χ4n) is 2.73. The SMILES string of the molecule is CN(CCC(O)c1csc2ccccc12)Cc1ccccc1.Cl. The minimum atomic E-state index is -0.394. The molecular formula is C19H22ClNOS. The standard InChI is InChI=1S/C19H21NOS.ClH/c1-20(13-15-7-3-2-4-8-15)12-11-18(21)17-14-22-19-10-6-5-9-16(17)19;/h2-10,14,18,21H,11-13H2,1H3;1H. The third-order valence-electron chi connectivity index (χ3n) is 3.95. The van der Waals surface area contributed by atoms with Gasteiger partial charge in [0.2, 0.25) is 0 Å². The average Bonchev–Trinajstić information content (AvgIpc) is 2.98. The number of thiophene rings is 1. The molecule has 0 aliphatic carbocycles. The van der Waals surface area contributed by atoms with Crippen molar-refractivity contribution in [2.75, 3.05) is 13.6 Å². The molecule has 1 unspecified atom stereocenters. The highest BCUT2D eigenvalue weighted by molar-refractivity contribution is 7.17. The Morgan fingerprint density at radius 3 is 2.52 bits per heavy atom. The van der Waals surface area contributed by atoms with Crippen LogP contribution in [0.4, 0.5) is 0 Å². The second-order valence-corrected chi connectivity index (χ2v) is 6.63. The van der Waals surface area contributed by atoms with Gasteiger partial charge in [-0.15, -0.1) is 23.7 Å². The minimum absolute atomic E-state index is 0. The van der Waals surface area contributed by atoms with Crippen molar-refractivity contribution in [3.63, 3.8) is 0 Å². The number of nitrogens with zero attached hydrogens (tertiary/aromatic N) is 1. The van der Waals surface area contributed by atoms with Gasteiger partial charge >= 0.3 is 0 Å². The summed E-state index contributed by atoms with van der Waals surface area (Å²) in [5.41, 5.74) is 2.37. The van der Waals surface area contributed by atoms with Gasteiger partial charge in [-0.25, -0.2) is 0 Å². The molecule has 1 N–H and O–H groups in total. The minimum Gasteiger partial charge on any atom is -0.388 e. The van der Waals surface area contributed by atoms with Gasteiger partial charge < -0.3 is 10.0 Å². The van der Waals surface area contributed by atoms with E-state index in [-0.39, 0.29) is 12.4 Å². The first-order valence-electron chi connectivity index (χ1n) is 7.60. The van der Waals surface area contributed by atoms with Crippen LogP contribution >= 0.6 is 23.7 Å². The smallest absolute Gasteiger partial charge is 0.0816 e. The number of rotatable bonds is 6. The summed E-state index contributed by atoms with van der Waals surface area (Å²) in [5, 5.41) is 13.8. The van der Waals surface area contributed by atoms with E-state index >= 15 is 0 Å². The lowest BCUT2D eigenvalue weighted by Gasteiger charge is -2.19. The van der Waals surface area contributed by atoms with E-state index in [0.717, 1.165) is 25.1 Å². The highest BCUT2D eigenvalue weighted by Crippen LogP contribution is 2.31. The summed E-state index contributed by atoms with van der Waals surface area (Å²) in [6.45, 7) is 1.79. The van der Waals surface area contributed by atoms with E-state index in [1.165, 1.54) is 15.6 Å². The van der Waals surface area contributed by atoms with Gasteiger partial charge in [0.1, 0.15) is 0 Å². The maximum absolute atomic E-state index is 10.5. The molecule has 2 nitrogen and oxygen atoms in total. The molecule has 1 aromatic heterocycles. The summed E-state index contributed by atoms with van der Waals surface area (Å²) >= 11 is 1.71. The number of aliphatic hydroxyl groups is 1. The van der Waals surface area contributed by atoms with E-state index in [1.807, 2.05) is 18.2 Å². The Morgan fingerprint density at radius 1 is 1.04 bits per heavy atom. The summed E-state index contributed by atoms with van der Waals surface area (Å²) in [5.74, 6) is 0. The van der Waals surface area contributed by atoms with Crippen molar-refractivity contribution in [2.45, 2.75) is 19.1 Å². The van der Waals surface area contributed by atoms with Gasteiger partial charge in [-0.3, -0.25) is 0 Å². The molecule has 1 heterocycles. The molecule has 1 atom stereocenters. The van der Waals surface area contributed by atoms with Crippen molar-refractivity contribution in [1.29, 1.82) is 0 Å². The lowest BCUT2D eigenvalue weighted by Crippen LogP contribution is -2.20. The summed E-state index contributed by atoms with van der Waals surface area (Å²) in [6.07, 6.45) is 0.360. The van der Waals surface area contributed by atoms with Crippen molar-refractivity contribution in [1.82, 2.24) is 4.90 Å². The molecule has 0 radical (unpaired) electrons. The van der Waals surface area contributed by atoms with Crippen LogP contribution < -0.4 is 0 Å². The maximum Gasteiger partial charge on any atom is 0.0816 e. The molecule has 122 valence electrons. The molecular weight excluding hydrogens is 326 g/mol. The fourth-order valence-corrected chi connectivity index (χ4v) is 3.74. The maximum atomic E-state index is 10.5. The van der Waals surface area contributed by atoms with Crippen molar-refractivity contribution in [3.8, 4) is 0 Å². The van der Waals surface area contributed by atoms with Crippen LogP contribution in [0.3, 0.4) is 0 Å². The first-order valence-corrected chi connectivity index (χ1v) is 8.48. The monoisotopic (exact) mass is 347 g/mol. The van der Waals surface area contributed by atoms with Gasteiger partial charge in [0.15, 0.2) is 0 Å². The number of benzene rings is 2. The lowest BCUT2D eigenvalue weighted by molar-refractivity contribution is 0.149. The third kappa shape index (κ3) is 4.55. The van der Waals surface area contributed by atoms with E-state index in [9.17, 15) is 5.11 Å². The van der Waals surface area contributed by atoms with Crippen LogP contribution in [0.15, 0.2) is 60.0 Å². The second-order valence-electron chi connectivity index (χ2n) is 5.72. The van der Waals surface area contributed by atoms with Crippen LogP contribution in [0.2, 0.25) is 0 Å². The van der Waals surface area contributed by atoms with Crippen LogP contribution in [0, 0.1) is 0 Å². The molecule has 0 fully saturated rings. The first-order chi connectivity index (χ1) is 10.7. The normalized spacial score (nSPS) is 12.3. The topological polar surface area (TPSA) is 23.5 Å². The first kappa shape index (κ1) is 18.0. The van der Waals surface area contributed by atoms with Crippen molar-refractivity contribution < 1.29 is 5.11 Å². The van der Waals surface area contributed by atoms with E-state index < -0.39 is 6.10 Å². The summed E-state index contributed by atoms with van der Waals surface area (Å²) in [6, 6.07) is 18.7. The van der Waals surface area contributed by atoms with Crippen LogP contribution in [0.1, 0.15) is 23.7 Å². The van der Waals surface area contributed by atoms with E-state index in [2.05, 4.69) is 53.7 Å². The van der Waals surface area contributed by atoms with Gasteiger partial charge in [-0.05, 0) is 41.4 Å². The zero-order chi connectivity index (χ0) is 15.4. The Kier molecular flexibility index (Phi) is 6.60.